The lowest BCUT2D eigenvalue weighted by molar-refractivity contribution is 0.176. The maximum atomic E-state index is 14.2. The summed E-state index contributed by atoms with van der Waals surface area (Å²) >= 11 is 0. The fraction of sp³-hybridized carbons (Fsp3) is 0.368. The molecule has 0 aliphatic rings. The molecule has 0 spiro atoms. The Balaban J connectivity index is 2.15. The van der Waals surface area contributed by atoms with Crippen LogP contribution in [0.1, 0.15) is 37.9 Å². The van der Waals surface area contributed by atoms with Gasteiger partial charge in [-0.25, -0.2) is 9.18 Å². The van der Waals surface area contributed by atoms with Crippen LogP contribution in [0, 0.1) is 5.82 Å². The number of benzene rings is 1. The summed E-state index contributed by atoms with van der Waals surface area (Å²) in [5, 5.41) is 2.86. The van der Waals surface area contributed by atoms with Crippen molar-refractivity contribution in [3.63, 3.8) is 0 Å². The summed E-state index contributed by atoms with van der Waals surface area (Å²) in [4.78, 5) is 18.5. The molecular weight excluding hydrogens is 321 g/mol. The Morgan fingerprint density at radius 3 is 2.64 bits per heavy atom. The van der Waals surface area contributed by atoms with Crippen LogP contribution in [-0.4, -0.2) is 29.1 Å². The standard InChI is InChI=1S/C19H24FN3O2/c1-13(2)23(12-15-7-6-10-21-11-15)19(24)22-14(3)18-16(20)8-5-9-17(18)25-4/h5-11,13-14H,12H2,1-4H3,(H,22,24). The number of hydrogen-bond acceptors (Lipinski definition) is 3. The van der Waals surface area contributed by atoms with Crippen molar-refractivity contribution in [1.82, 2.24) is 15.2 Å². The van der Waals surface area contributed by atoms with Gasteiger partial charge in [0, 0.05) is 25.0 Å². The van der Waals surface area contributed by atoms with E-state index in [2.05, 4.69) is 10.3 Å². The van der Waals surface area contributed by atoms with E-state index >= 15 is 0 Å². The number of carbonyl (C=O) groups is 1. The summed E-state index contributed by atoms with van der Waals surface area (Å²) in [5.74, 6) is 0.00617. The smallest absolute Gasteiger partial charge is 0.318 e. The van der Waals surface area contributed by atoms with Crippen LogP contribution < -0.4 is 10.1 Å². The lowest BCUT2D eigenvalue weighted by Gasteiger charge is -2.29. The highest BCUT2D eigenvalue weighted by Gasteiger charge is 2.23. The molecule has 2 rings (SSSR count). The Morgan fingerprint density at radius 2 is 2.04 bits per heavy atom. The van der Waals surface area contributed by atoms with E-state index in [9.17, 15) is 9.18 Å². The SMILES string of the molecule is COc1cccc(F)c1C(C)NC(=O)N(Cc1cccnc1)C(C)C. The Labute approximate surface area is 147 Å². The van der Waals surface area contributed by atoms with Crippen molar-refractivity contribution in [1.29, 1.82) is 0 Å². The zero-order valence-electron chi connectivity index (χ0n) is 15.0. The van der Waals surface area contributed by atoms with Crippen molar-refractivity contribution in [2.24, 2.45) is 0 Å². The van der Waals surface area contributed by atoms with Gasteiger partial charge in [-0.3, -0.25) is 4.98 Å². The van der Waals surface area contributed by atoms with Crippen LogP contribution >= 0.6 is 0 Å². The summed E-state index contributed by atoms with van der Waals surface area (Å²) in [5.41, 5.74) is 1.27. The van der Waals surface area contributed by atoms with Crippen molar-refractivity contribution < 1.29 is 13.9 Å². The van der Waals surface area contributed by atoms with Crippen LogP contribution in [0.15, 0.2) is 42.7 Å². The molecule has 0 bridgehead atoms. The first-order valence-electron chi connectivity index (χ1n) is 8.22. The van der Waals surface area contributed by atoms with Crippen LogP contribution in [0.5, 0.6) is 5.75 Å². The predicted octanol–water partition coefficient (Wildman–Crippen LogP) is 3.91. The number of urea groups is 1. The number of ether oxygens (including phenoxy) is 1. The van der Waals surface area contributed by atoms with E-state index in [-0.39, 0.29) is 12.1 Å². The number of nitrogens with one attached hydrogen (secondary N) is 1. The van der Waals surface area contributed by atoms with Crippen molar-refractivity contribution in [3.05, 3.63) is 59.7 Å². The van der Waals surface area contributed by atoms with Gasteiger partial charge in [0.15, 0.2) is 0 Å². The molecule has 0 radical (unpaired) electrons. The molecule has 1 aromatic carbocycles. The van der Waals surface area contributed by atoms with Crippen molar-refractivity contribution >= 4 is 6.03 Å². The average molecular weight is 345 g/mol. The molecule has 25 heavy (non-hydrogen) atoms. The minimum Gasteiger partial charge on any atom is -0.496 e. The number of amides is 2. The van der Waals surface area contributed by atoms with Gasteiger partial charge in [0.1, 0.15) is 11.6 Å². The molecule has 1 aromatic heterocycles. The predicted molar refractivity (Wildman–Crippen MR) is 94.8 cm³/mol. The largest absolute Gasteiger partial charge is 0.496 e. The van der Waals surface area contributed by atoms with Crippen LogP contribution in [0.2, 0.25) is 0 Å². The first-order chi connectivity index (χ1) is 11.9. The molecule has 2 aromatic rings. The number of pyridine rings is 1. The summed E-state index contributed by atoms with van der Waals surface area (Å²) < 4.78 is 19.4. The molecule has 2 amide bonds. The Kier molecular flexibility index (Phi) is 6.33. The number of rotatable bonds is 6. The third kappa shape index (κ3) is 4.68. The summed E-state index contributed by atoms with van der Waals surface area (Å²) in [7, 11) is 1.48. The molecule has 1 heterocycles. The molecule has 0 aliphatic heterocycles. The summed E-state index contributed by atoms with van der Waals surface area (Å²) in [6.45, 7) is 6.04. The minimum absolute atomic E-state index is 0.0186. The van der Waals surface area contributed by atoms with Crippen LogP contribution in [0.25, 0.3) is 0 Å². The Morgan fingerprint density at radius 1 is 1.28 bits per heavy atom. The third-order valence-electron chi connectivity index (χ3n) is 3.97. The number of halogens is 1. The highest BCUT2D eigenvalue weighted by Crippen LogP contribution is 2.27. The van der Waals surface area contributed by atoms with Gasteiger partial charge in [0.25, 0.3) is 0 Å². The number of hydrogen-bond donors (Lipinski definition) is 1. The second-order valence-corrected chi connectivity index (χ2v) is 6.11. The van der Waals surface area contributed by atoms with Gasteiger partial charge in [-0.05, 0) is 44.5 Å². The van der Waals surface area contributed by atoms with Gasteiger partial charge in [-0.15, -0.1) is 0 Å². The topological polar surface area (TPSA) is 54.5 Å². The molecule has 0 fully saturated rings. The van der Waals surface area contributed by atoms with Gasteiger partial charge in [0.2, 0.25) is 0 Å². The Hall–Kier alpha value is -2.63. The lowest BCUT2D eigenvalue weighted by atomic mass is 10.1. The van der Waals surface area contributed by atoms with Crippen molar-refractivity contribution in [2.45, 2.75) is 39.4 Å². The van der Waals surface area contributed by atoms with Gasteiger partial charge in [-0.1, -0.05) is 12.1 Å². The normalized spacial score (nSPS) is 11.9. The van der Waals surface area contributed by atoms with Crippen LogP contribution in [0.3, 0.4) is 0 Å². The molecule has 0 aliphatic carbocycles. The molecular formula is C19H24FN3O2. The zero-order valence-corrected chi connectivity index (χ0v) is 15.0. The van der Waals surface area contributed by atoms with Crippen molar-refractivity contribution in [2.75, 3.05) is 7.11 Å². The van der Waals surface area contributed by atoms with Crippen LogP contribution in [0.4, 0.5) is 9.18 Å². The lowest BCUT2D eigenvalue weighted by Crippen LogP contribution is -2.44. The van der Waals surface area contributed by atoms with E-state index in [1.54, 1.807) is 36.4 Å². The second-order valence-electron chi connectivity index (χ2n) is 6.11. The third-order valence-corrected chi connectivity index (χ3v) is 3.97. The quantitative estimate of drug-likeness (QED) is 0.863. The van der Waals surface area contributed by atoms with Gasteiger partial charge >= 0.3 is 6.03 Å². The van der Waals surface area contributed by atoms with Crippen molar-refractivity contribution in [3.8, 4) is 5.75 Å². The zero-order chi connectivity index (χ0) is 18.4. The van der Waals surface area contributed by atoms with E-state index in [1.807, 2.05) is 26.0 Å². The number of nitrogens with zero attached hydrogens (tertiary/aromatic N) is 2. The monoisotopic (exact) mass is 345 g/mol. The number of methoxy groups -OCH3 is 1. The first kappa shape index (κ1) is 18.7. The van der Waals surface area contributed by atoms with E-state index < -0.39 is 11.9 Å². The number of carbonyl (C=O) groups excluding carboxylic acids is 1. The summed E-state index contributed by atoms with van der Waals surface area (Å²) in [6.07, 6.45) is 3.42. The van der Waals surface area contributed by atoms with Crippen LogP contribution in [-0.2, 0) is 6.54 Å². The van der Waals surface area contributed by atoms with E-state index in [0.717, 1.165) is 5.56 Å². The molecule has 5 nitrogen and oxygen atoms in total. The molecule has 1 atom stereocenters. The average Bonchev–Trinajstić information content (AvgIpc) is 2.59. The maximum absolute atomic E-state index is 14.2. The fourth-order valence-corrected chi connectivity index (χ4v) is 2.63. The molecule has 6 heteroatoms. The van der Waals surface area contributed by atoms with Gasteiger partial charge in [-0.2, -0.15) is 0 Å². The molecule has 1 N–H and O–H groups in total. The molecule has 134 valence electrons. The summed E-state index contributed by atoms with van der Waals surface area (Å²) in [6, 6.07) is 7.55. The molecule has 0 saturated heterocycles. The second kappa shape index (κ2) is 8.46. The highest BCUT2D eigenvalue weighted by atomic mass is 19.1. The molecule has 1 unspecified atom stereocenters. The maximum Gasteiger partial charge on any atom is 0.318 e. The molecule has 0 saturated carbocycles. The minimum atomic E-state index is -0.529. The van der Waals surface area contributed by atoms with E-state index in [0.29, 0.717) is 17.9 Å². The van der Waals surface area contributed by atoms with Gasteiger partial charge in [0.05, 0.1) is 18.7 Å². The van der Waals surface area contributed by atoms with E-state index in [1.165, 1.54) is 13.2 Å². The highest BCUT2D eigenvalue weighted by molar-refractivity contribution is 5.75. The Bertz CT molecular complexity index is 707. The van der Waals surface area contributed by atoms with E-state index in [4.69, 9.17) is 4.74 Å². The van der Waals surface area contributed by atoms with Gasteiger partial charge < -0.3 is 15.0 Å². The fourth-order valence-electron chi connectivity index (χ4n) is 2.63. The number of aromatic nitrogens is 1. The first-order valence-corrected chi connectivity index (χ1v) is 8.22.